The van der Waals surface area contributed by atoms with E-state index in [-0.39, 0.29) is 26.4 Å². The van der Waals surface area contributed by atoms with Gasteiger partial charge >= 0.3 is 248 Å². The molecular weight excluding hydrogens is 1900 g/mol. The average Bonchev–Trinajstić information content (AvgIpc) is 0.713. The number of rotatable bonds is 8. The Balaban J connectivity index is 0.000000305. The van der Waals surface area contributed by atoms with Crippen LogP contribution in [0.2, 0.25) is 170 Å². The summed E-state index contributed by atoms with van der Waals surface area (Å²) in [5.74, 6) is 0. The van der Waals surface area contributed by atoms with Gasteiger partial charge in [-0.2, -0.15) is 0 Å². The van der Waals surface area contributed by atoms with Crippen LogP contribution in [0.15, 0.2) is 0 Å². The number of hydrogen-bond donors (Lipinski definition) is 0. The van der Waals surface area contributed by atoms with E-state index < -0.39 is 248 Å². The molecule has 0 amide bonds. The Morgan fingerprint density at radius 1 is 0.142 bits per heavy atom. The standard InChI is InChI=1S/C27H78O32Si20.C7H22O12Si8/c1-24-28-61(5)35-62(6,29-25-2)38-69(13)47-68(12,37-61)49-74(18)45-66(10)33-60-32-65(9,41-72(16,43-66)53-76(20,50-69)55-74)42-73(17)44-67(11,34-60)46-75(19)56-77(21)51-70(14)39-63(7,30-26-3)36-64(8,31-27-4)40-71(15,48-70)52-78(22,58-77)59-79(23,54-73)57-75;1-21-8-20-9-22(2)13-24(4,11-21)17-27(7)18-25(5,12-21)14-23(3,10-20)16-26(6,15-22)19-27/h60H,24-27H2,1-23H3;20H,1-7H3. The fourth-order valence-corrected chi connectivity index (χ4v) is 162. The third kappa shape index (κ3) is 19.3. The Bertz CT molecular complexity index is 3250. The van der Waals surface area contributed by atoms with E-state index in [4.69, 9.17) is 182 Å². The molecule has 0 aromatic heterocycles. The van der Waals surface area contributed by atoms with Crippen LogP contribution >= 0.6 is 0 Å². The van der Waals surface area contributed by atoms with Crippen molar-refractivity contribution in [2.75, 3.05) is 26.4 Å². The minimum atomic E-state index is -4.35. The Hall–Kier alpha value is 4.31. The van der Waals surface area contributed by atoms with Crippen LogP contribution in [0.1, 0.15) is 27.7 Å². The lowest BCUT2D eigenvalue weighted by Gasteiger charge is -2.58. The molecule has 0 aliphatic carbocycles. The molecule has 72 heteroatoms. The molecule has 20 atom stereocenters. The van der Waals surface area contributed by atoms with Crippen LogP contribution in [0.25, 0.3) is 0 Å². The van der Waals surface area contributed by atoms with Gasteiger partial charge in [-0.25, -0.2) is 0 Å². The van der Waals surface area contributed by atoms with Gasteiger partial charge in [-0.15, -0.1) is 0 Å². The summed E-state index contributed by atoms with van der Waals surface area (Å²) in [5, 5.41) is 0. The van der Waals surface area contributed by atoms with Crippen LogP contribution in [-0.4, -0.2) is 274 Å². The molecule has 0 saturated carbocycles. The highest BCUT2D eigenvalue weighted by Crippen LogP contribution is 2.51. The first-order valence-electron chi connectivity index (χ1n) is 34.3. The molecule has 0 radical (unpaired) electrons. The van der Waals surface area contributed by atoms with E-state index in [0.29, 0.717) is 0 Å². The topological polar surface area (TPSA) is 406 Å². The molecule has 44 nitrogen and oxygen atoms in total. The monoisotopic (exact) mass is 2000 g/mol. The van der Waals surface area contributed by atoms with Crippen LogP contribution in [0.5, 0.6) is 0 Å². The lowest BCUT2D eigenvalue weighted by molar-refractivity contribution is -0.0153. The summed E-state index contributed by atoms with van der Waals surface area (Å²) in [7, 11) is -108. The van der Waals surface area contributed by atoms with E-state index in [0.717, 1.165) is 0 Å². The maximum absolute atomic E-state index is 7.11. The quantitative estimate of drug-likeness (QED) is 0.315. The van der Waals surface area contributed by atoms with Crippen molar-refractivity contribution >= 4 is 248 Å². The molecule has 0 aromatic rings. The zero-order valence-electron chi connectivity index (χ0n) is 64.9. The Morgan fingerprint density at radius 2 is 0.236 bits per heavy atom. The van der Waals surface area contributed by atoms with Gasteiger partial charge in [0.05, 0.1) is 0 Å². The summed E-state index contributed by atoms with van der Waals surface area (Å²) < 4.78 is 296. The van der Waals surface area contributed by atoms with Gasteiger partial charge in [-0.3, -0.25) is 0 Å². The van der Waals surface area contributed by atoms with Gasteiger partial charge in [0.1, 0.15) is 0 Å². The average molecular weight is 2000 g/mol. The molecule has 15 heterocycles. The summed E-state index contributed by atoms with van der Waals surface area (Å²) in [6, 6.07) is 0. The Morgan fingerprint density at radius 3 is 0.340 bits per heavy atom. The highest BCUT2D eigenvalue weighted by atomic mass is 28.7. The van der Waals surface area contributed by atoms with Gasteiger partial charge in [-0.05, 0) is 27.7 Å². The van der Waals surface area contributed by atoms with Gasteiger partial charge in [-0.1, -0.05) is 0 Å². The highest BCUT2D eigenvalue weighted by Gasteiger charge is 2.81. The van der Waals surface area contributed by atoms with Crippen molar-refractivity contribution in [1.82, 2.24) is 0 Å². The maximum Gasteiger partial charge on any atom is 0.482 e. The lowest BCUT2D eigenvalue weighted by atomic mass is 10.9. The lowest BCUT2D eigenvalue weighted by Crippen LogP contribution is -2.84. The van der Waals surface area contributed by atoms with Crippen molar-refractivity contribution in [1.29, 1.82) is 0 Å². The number of hydrogen-bond acceptors (Lipinski definition) is 44. The van der Waals surface area contributed by atoms with Gasteiger partial charge in [0.25, 0.3) is 0 Å². The normalized spacial score (nSPS) is 59.9. The first kappa shape index (κ1) is 88.1. The molecule has 15 saturated heterocycles. The van der Waals surface area contributed by atoms with Crippen LogP contribution in [-0.2, 0) is 182 Å². The molecule has 15 rings (SSSR count). The van der Waals surface area contributed by atoms with E-state index in [1.165, 1.54) is 0 Å². The van der Waals surface area contributed by atoms with Crippen LogP contribution in [0.4, 0.5) is 0 Å². The van der Waals surface area contributed by atoms with E-state index in [2.05, 4.69) is 0 Å². The van der Waals surface area contributed by atoms with Crippen molar-refractivity contribution in [3.63, 3.8) is 0 Å². The summed E-state index contributed by atoms with van der Waals surface area (Å²) >= 11 is 0. The van der Waals surface area contributed by atoms with Crippen molar-refractivity contribution in [2.24, 2.45) is 0 Å². The van der Waals surface area contributed by atoms with Crippen LogP contribution < -0.4 is 0 Å². The van der Waals surface area contributed by atoms with Crippen molar-refractivity contribution in [3.8, 4) is 0 Å². The summed E-state index contributed by atoms with van der Waals surface area (Å²) in [4.78, 5) is 0. The summed E-state index contributed by atoms with van der Waals surface area (Å²) in [6.45, 7) is 52.0. The van der Waals surface area contributed by atoms with E-state index in [1.807, 2.05) is 27.7 Å². The smallest absolute Gasteiger partial charge is 0.376 e. The van der Waals surface area contributed by atoms with Gasteiger partial charge in [0.15, 0.2) is 0 Å². The second-order valence-electron chi connectivity index (χ2n) is 28.9. The second kappa shape index (κ2) is 27.9. The minimum absolute atomic E-state index is 0.239. The zero-order chi connectivity index (χ0) is 78.1. The number of fused-ring (bicyclic) bond motifs is 16. The van der Waals surface area contributed by atoms with Crippen molar-refractivity contribution in [2.45, 2.75) is 198 Å². The van der Waals surface area contributed by atoms with E-state index in [1.54, 1.807) is 170 Å². The Kier molecular flexibility index (Phi) is 23.2. The molecule has 15 fully saturated rings. The highest BCUT2D eigenvalue weighted by molar-refractivity contribution is 7.04. The first-order valence-corrected chi connectivity index (χ1v) is 95.0. The zero-order valence-corrected chi connectivity index (χ0v) is 93.3. The molecule has 20 unspecified atom stereocenters. The van der Waals surface area contributed by atoms with Gasteiger partial charge in [0, 0.05) is 197 Å². The molecule has 15 aliphatic heterocycles. The largest absolute Gasteiger partial charge is 0.482 e. The molecular formula is C34H100O44Si28. The molecule has 612 valence electrons. The molecule has 0 aromatic carbocycles. The van der Waals surface area contributed by atoms with Gasteiger partial charge in [0.2, 0.25) is 0 Å². The fraction of sp³-hybridized carbons (Fsp3) is 1.00. The molecule has 15 aliphatic rings. The molecule has 0 N–H and O–H groups in total. The predicted octanol–water partition coefficient (Wildman–Crippen LogP) is 3.19. The van der Waals surface area contributed by atoms with Gasteiger partial charge < -0.3 is 182 Å². The second-order valence-corrected chi connectivity index (χ2v) is 109. The maximum atomic E-state index is 7.11. The predicted molar refractivity (Wildman–Crippen MR) is 406 cm³/mol. The summed E-state index contributed by atoms with van der Waals surface area (Å²) in [5.41, 5.74) is 0. The third-order valence-electron chi connectivity index (χ3n) is 16.1. The van der Waals surface area contributed by atoms with E-state index in [9.17, 15) is 0 Å². The SMILES string of the molecule is CCO[Si]1(C)O[Si](C)(OCC)O[Si]2(C)O[Si](C)(O1)O[Si]1(C)O[Si]3(C)O[SiH]4O[Si](C)(O[Si](C)(O3)O[Si](C)(O2)O1)O[Si]1(C)O[Si](C)(O4)O[Si]2(C)O[Si](C)(O1)O[Si]1(C)O[Si]3(C)O[Si](C)(OCC)O[Si](C)(OCC)O[Si](C)(O3)O[Si](C)(O2)O1.C[Si]12O[SiH]3O[Si]4(C)O[Si](C)(O1)O[Si]1(C)O[Si](C)(O2)O[Si](C)(O3)O[Si](C)(O4)O1. The molecule has 106 heavy (non-hydrogen) atoms. The fourth-order valence-electron chi connectivity index (χ4n) is 15.4. The van der Waals surface area contributed by atoms with E-state index >= 15 is 0 Å². The first-order chi connectivity index (χ1) is 47.9. The molecule has 0 spiro atoms. The van der Waals surface area contributed by atoms with Crippen molar-refractivity contribution in [3.05, 3.63) is 0 Å². The van der Waals surface area contributed by atoms with Crippen LogP contribution in [0, 0.1) is 0 Å². The minimum Gasteiger partial charge on any atom is -0.376 e. The van der Waals surface area contributed by atoms with Crippen LogP contribution in [0.3, 0.4) is 0 Å². The van der Waals surface area contributed by atoms with Crippen molar-refractivity contribution < 1.29 is 182 Å². The Labute approximate surface area is 649 Å². The summed E-state index contributed by atoms with van der Waals surface area (Å²) in [6.07, 6.45) is 0. The third-order valence-corrected chi connectivity index (χ3v) is 135. The molecule has 24 bridgehead atoms.